The predicted molar refractivity (Wildman–Crippen MR) is 128 cm³/mol. The van der Waals surface area contributed by atoms with Crippen LogP contribution in [0.2, 0.25) is 0 Å². The maximum absolute atomic E-state index is 6.03. The van der Waals surface area contributed by atoms with E-state index in [1.165, 1.54) is 0 Å². The van der Waals surface area contributed by atoms with Gasteiger partial charge >= 0.3 is 0 Å². The number of aromatic nitrogens is 4. The molecule has 0 aliphatic carbocycles. The lowest BCUT2D eigenvalue weighted by Crippen LogP contribution is -2.18. The van der Waals surface area contributed by atoms with E-state index >= 15 is 0 Å². The molecule has 0 unspecified atom stereocenters. The average Bonchev–Trinajstić information content (AvgIpc) is 3.14. The molecule has 2 aromatic heterocycles. The van der Waals surface area contributed by atoms with Crippen LogP contribution in [0.5, 0.6) is 11.5 Å². The summed E-state index contributed by atoms with van der Waals surface area (Å²) in [4.78, 5) is 8.82. The molecule has 0 spiro atoms. The van der Waals surface area contributed by atoms with Crippen LogP contribution in [0.15, 0.2) is 30.3 Å². The number of hydrogen-bond donors (Lipinski definition) is 2. The Kier molecular flexibility index (Phi) is 6.91. The number of ether oxygens (including phenoxy) is 2. The molecule has 0 radical (unpaired) electrons. The van der Waals surface area contributed by atoms with E-state index in [-0.39, 0.29) is 17.4 Å². The molecule has 3 rings (SSSR count). The smallest absolute Gasteiger partial charge is 0.222 e. The predicted octanol–water partition coefficient (Wildman–Crippen LogP) is 4.21. The van der Waals surface area contributed by atoms with Crippen molar-refractivity contribution in [1.82, 2.24) is 19.7 Å². The molecule has 2 heterocycles. The van der Waals surface area contributed by atoms with Gasteiger partial charge in [-0.1, -0.05) is 26.8 Å². The molecular formula is C24H34N6O2. The molecular weight excluding hydrogens is 404 g/mol. The summed E-state index contributed by atoms with van der Waals surface area (Å²) in [5, 5.41) is 8.10. The normalized spacial score (nSPS) is 12.5. The highest BCUT2D eigenvalue weighted by molar-refractivity contribution is 5.62. The zero-order valence-electron chi connectivity index (χ0n) is 20.1. The number of hydrogen-bond acceptors (Lipinski definition) is 7. The van der Waals surface area contributed by atoms with Crippen LogP contribution in [0.3, 0.4) is 0 Å². The molecule has 0 saturated carbocycles. The van der Waals surface area contributed by atoms with Gasteiger partial charge in [0.1, 0.15) is 17.3 Å². The van der Waals surface area contributed by atoms with Crippen LogP contribution >= 0.6 is 0 Å². The second-order valence-corrected chi connectivity index (χ2v) is 9.05. The number of aryl methyl sites for hydroxylation is 2. The highest BCUT2D eigenvalue weighted by Crippen LogP contribution is 2.28. The number of nitrogens with zero attached hydrogens (tertiary/aromatic N) is 4. The van der Waals surface area contributed by atoms with E-state index in [1.54, 1.807) is 14.2 Å². The van der Waals surface area contributed by atoms with Crippen molar-refractivity contribution in [2.45, 2.75) is 52.0 Å². The summed E-state index contributed by atoms with van der Waals surface area (Å²) in [5.74, 6) is 2.54. The minimum atomic E-state index is -0.0489. The zero-order chi connectivity index (χ0) is 23.5. The van der Waals surface area contributed by atoms with Gasteiger partial charge in [-0.15, -0.1) is 0 Å². The zero-order valence-corrected chi connectivity index (χ0v) is 20.1. The van der Waals surface area contributed by atoms with Gasteiger partial charge in [0.05, 0.1) is 31.3 Å². The van der Waals surface area contributed by atoms with E-state index in [9.17, 15) is 0 Å². The number of nitrogens with two attached hydrogens (primary N) is 1. The fourth-order valence-electron chi connectivity index (χ4n) is 3.50. The van der Waals surface area contributed by atoms with Crippen LogP contribution in [0.25, 0.3) is 11.4 Å². The summed E-state index contributed by atoms with van der Waals surface area (Å²) < 4.78 is 12.6. The van der Waals surface area contributed by atoms with Crippen LogP contribution in [0.1, 0.15) is 45.4 Å². The van der Waals surface area contributed by atoms with Gasteiger partial charge in [-0.25, -0.2) is 4.98 Å². The van der Waals surface area contributed by atoms with Crippen LogP contribution in [0, 0.1) is 0 Å². The highest BCUT2D eigenvalue weighted by Gasteiger charge is 2.20. The number of nitrogen functional groups attached to an aromatic ring is 1. The molecule has 0 saturated heterocycles. The maximum atomic E-state index is 6.03. The Hall–Kier alpha value is -3.29. The molecule has 0 aliphatic rings. The van der Waals surface area contributed by atoms with E-state index in [0.29, 0.717) is 5.82 Å². The van der Waals surface area contributed by atoms with Gasteiger partial charge in [-0.3, -0.25) is 4.68 Å². The third kappa shape index (κ3) is 5.49. The van der Waals surface area contributed by atoms with Crippen molar-refractivity contribution in [3.63, 3.8) is 0 Å². The SMILES string of the molecule is COc1ccc(CC[C@@H](C)Nc2cc(-c3cc(C(C)(C)C)nn3C)nc(N)n2)c(OC)c1. The summed E-state index contributed by atoms with van der Waals surface area (Å²) in [6, 6.07) is 10.0. The maximum Gasteiger partial charge on any atom is 0.222 e. The number of rotatable bonds is 8. The molecule has 1 aromatic carbocycles. The second kappa shape index (κ2) is 9.46. The van der Waals surface area contributed by atoms with Crippen molar-refractivity contribution >= 4 is 11.8 Å². The Bertz CT molecular complexity index is 1070. The van der Waals surface area contributed by atoms with Gasteiger partial charge in [0.15, 0.2) is 0 Å². The lowest BCUT2D eigenvalue weighted by molar-refractivity contribution is 0.390. The Morgan fingerprint density at radius 2 is 1.84 bits per heavy atom. The molecule has 8 heteroatoms. The molecule has 0 amide bonds. The molecule has 1 atom stereocenters. The standard InChI is InChI=1S/C24H34N6O2/c1-15(8-9-16-10-11-17(31-6)12-20(16)32-7)26-22-13-18(27-23(25)28-22)19-14-21(24(2,3)4)29-30(19)5/h10-15H,8-9H2,1-7H3,(H3,25,26,27,28)/t15-/m1/s1. The summed E-state index contributed by atoms with van der Waals surface area (Å²) in [6.45, 7) is 8.54. The topological polar surface area (TPSA) is 100 Å². The lowest BCUT2D eigenvalue weighted by atomic mass is 9.92. The van der Waals surface area contributed by atoms with Crippen LogP contribution in [-0.2, 0) is 18.9 Å². The van der Waals surface area contributed by atoms with E-state index in [1.807, 2.05) is 36.0 Å². The van der Waals surface area contributed by atoms with Crippen molar-refractivity contribution in [3.05, 3.63) is 41.6 Å². The Labute approximate surface area is 190 Å². The van der Waals surface area contributed by atoms with Crippen molar-refractivity contribution in [1.29, 1.82) is 0 Å². The minimum absolute atomic E-state index is 0.0489. The van der Waals surface area contributed by atoms with E-state index in [0.717, 1.165) is 47.0 Å². The van der Waals surface area contributed by atoms with E-state index in [2.05, 4.69) is 54.1 Å². The lowest BCUT2D eigenvalue weighted by Gasteiger charge is -2.17. The number of benzene rings is 1. The number of methoxy groups -OCH3 is 2. The van der Waals surface area contributed by atoms with Gasteiger partial charge in [-0.2, -0.15) is 10.1 Å². The number of anilines is 2. The van der Waals surface area contributed by atoms with E-state index in [4.69, 9.17) is 15.2 Å². The first kappa shape index (κ1) is 23.4. The summed E-state index contributed by atoms with van der Waals surface area (Å²) in [7, 11) is 5.24. The first-order valence-corrected chi connectivity index (χ1v) is 10.8. The molecule has 0 aliphatic heterocycles. The monoisotopic (exact) mass is 438 g/mol. The van der Waals surface area contributed by atoms with Crippen LogP contribution in [-0.4, -0.2) is 40.0 Å². The molecule has 0 fully saturated rings. The van der Waals surface area contributed by atoms with Gasteiger partial charge in [0, 0.05) is 30.6 Å². The minimum Gasteiger partial charge on any atom is -0.497 e. The van der Waals surface area contributed by atoms with E-state index < -0.39 is 0 Å². The van der Waals surface area contributed by atoms with Gasteiger partial charge in [-0.05, 0) is 37.5 Å². The number of nitrogens with one attached hydrogen (secondary N) is 1. The first-order valence-electron chi connectivity index (χ1n) is 10.8. The summed E-state index contributed by atoms with van der Waals surface area (Å²) >= 11 is 0. The Balaban J connectivity index is 1.73. The van der Waals surface area contributed by atoms with Crippen LogP contribution < -0.4 is 20.5 Å². The molecule has 0 bridgehead atoms. The fourth-order valence-corrected chi connectivity index (χ4v) is 3.50. The van der Waals surface area contributed by atoms with Gasteiger partial charge in [0.2, 0.25) is 5.95 Å². The van der Waals surface area contributed by atoms with Crippen LogP contribution in [0.4, 0.5) is 11.8 Å². The second-order valence-electron chi connectivity index (χ2n) is 9.05. The molecule has 3 aromatic rings. The van der Waals surface area contributed by atoms with Crippen molar-refractivity contribution < 1.29 is 9.47 Å². The quantitative estimate of drug-likeness (QED) is 0.543. The summed E-state index contributed by atoms with van der Waals surface area (Å²) in [5.41, 5.74) is 9.76. The summed E-state index contributed by atoms with van der Waals surface area (Å²) in [6.07, 6.45) is 1.74. The third-order valence-corrected chi connectivity index (χ3v) is 5.39. The van der Waals surface area contributed by atoms with Gasteiger partial charge < -0.3 is 20.5 Å². The van der Waals surface area contributed by atoms with Crippen molar-refractivity contribution in [3.8, 4) is 22.9 Å². The fraction of sp³-hybridized carbons (Fsp3) is 0.458. The van der Waals surface area contributed by atoms with Gasteiger partial charge in [0.25, 0.3) is 0 Å². The molecule has 32 heavy (non-hydrogen) atoms. The highest BCUT2D eigenvalue weighted by atomic mass is 16.5. The third-order valence-electron chi connectivity index (χ3n) is 5.39. The largest absolute Gasteiger partial charge is 0.497 e. The average molecular weight is 439 g/mol. The molecule has 8 nitrogen and oxygen atoms in total. The van der Waals surface area contributed by atoms with Crippen molar-refractivity contribution in [2.24, 2.45) is 7.05 Å². The molecule has 172 valence electrons. The molecule has 3 N–H and O–H groups in total. The van der Waals surface area contributed by atoms with Crippen molar-refractivity contribution in [2.75, 3.05) is 25.3 Å². The first-order chi connectivity index (χ1) is 15.1. The Morgan fingerprint density at radius 1 is 1.09 bits per heavy atom. The Morgan fingerprint density at radius 3 is 2.47 bits per heavy atom.